The number of Topliss-reactive ketones (excluding diaryl/α,β-unsaturated/α-hetero) is 1. The lowest BCUT2D eigenvalue weighted by atomic mass is 10.2. The quantitative estimate of drug-likeness (QED) is 0.425. The molecule has 0 spiro atoms. The van der Waals surface area contributed by atoms with E-state index in [2.05, 4.69) is 9.72 Å². The van der Waals surface area contributed by atoms with Gasteiger partial charge < -0.3 is 9.47 Å². The van der Waals surface area contributed by atoms with Crippen LogP contribution in [0.2, 0.25) is 0 Å². The van der Waals surface area contributed by atoms with Gasteiger partial charge in [-0.3, -0.25) is 4.79 Å². The van der Waals surface area contributed by atoms with E-state index < -0.39 is 18.4 Å². The van der Waals surface area contributed by atoms with E-state index in [1.807, 2.05) is 0 Å². The molecule has 0 amide bonds. The smallest absolute Gasteiger partial charge is 0.379 e. The second-order valence-corrected chi connectivity index (χ2v) is 2.97. The first-order valence-corrected chi connectivity index (χ1v) is 5.05. The number of nitrogens with zero attached hydrogens (tertiary/aromatic N) is 1. The summed E-state index contributed by atoms with van der Waals surface area (Å²) < 4.78 is 21.2. The van der Waals surface area contributed by atoms with Gasteiger partial charge in [-0.1, -0.05) is 0 Å². The number of carbonyl (C=O) groups is 2. The van der Waals surface area contributed by atoms with Crippen molar-refractivity contribution in [3.63, 3.8) is 0 Å². The van der Waals surface area contributed by atoms with Crippen molar-refractivity contribution in [3.05, 3.63) is 23.9 Å². The van der Waals surface area contributed by atoms with E-state index in [-0.39, 0.29) is 24.7 Å². The Labute approximate surface area is 97.6 Å². The van der Waals surface area contributed by atoms with Crippen molar-refractivity contribution in [2.24, 2.45) is 0 Å². The highest BCUT2D eigenvalue weighted by Crippen LogP contribution is 2.08. The van der Waals surface area contributed by atoms with Gasteiger partial charge in [0.2, 0.25) is 5.88 Å². The second kappa shape index (κ2) is 6.57. The van der Waals surface area contributed by atoms with Crippen LogP contribution in [0.25, 0.3) is 0 Å². The molecule has 0 bridgehead atoms. The van der Waals surface area contributed by atoms with Gasteiger partial charge >= 0.3 is 5.97 Å². The van der Waals surface area contributed by atoms with Crippen molar-refractivity contribution >= 4 is 11.8 Å². The predicted octanol–water partition coefficient (Wildman–Crippen LogP) is 1.18. The Hall–Kier alpha value is -1.98. The van der Waals surface area contributed by atoms with Crippen LogP contribution in [-0.2, 0) is 9.53 Å². The minimum absolute atomic E-state index is 0.0990. The molecule has 0 atom stereocenters. The first-order chi connectivity index (χ1) is 8.19. The molecule has 1 aromatic heterocycles. The number of ether oxygens (including phenoxy) is 2. The van der Waals surface area contributed by atoms with Gasteiger partial charge in [0.1, 0.15) is 13.3 Å². The van der Waals surface area contributed by atoms with Crippen LogP contribution in [0, 0.1) is 0 Å². The minimum Gasteiger partial charge on any atom is -0.475 e. The minimum atomic E-state index is -0.924. The Morgan fingerprint density at radius 3 is 2.71 bits per heavy atom. The molecule has 5 nitrogen and oxygen atoms in total. The molecule has 0 aromatic carbocycles. The summed E-state index contributed by atoms with van der Waals surface area (Å²) in [4.78, 5) is 26.3. The molecule has 0 saturated heterocycles. The van der Waals surface area contributed by atoms with Gasteiger partial charge in [-0.15, -0.1) is 0 Å². The van der Waals surface area contributed by atoms with Gasteiger partial charge in [0.05, 0.1) is 6.61 Å². The Morgan fingerprint density at radius 2 is 2.18 bits per heavy atom. The number of ketones is 1. The normalized spacial score (nSPS) is 9.76. The number of esters is 1. The van der Waals surface area contributed by atoms with Crippen LogP contribution < -0.4 is 4.74 Å². The topological polar surface area (TPSA) is 65.5 Å². The third kappa shape index (κ3) is 3.82. The molecule has 0 aliphatic heterocycles. The van der Waals surface area contributed by atoms with E-state index in [1.165, 1.54) is 18.3 Å². The number of aromatic nitrogens is 1. The predicted molar refractivity (Wildman–Crippen MR) is 56.7 cm³/mol. The summed E-state index contributed by atoms with van der Waals surface area (Å²) in [5.41, 5.74) is 0.107. The lowest BCUT2D eigenvalue weighted by Gasteiger charge is -2.03. The summed E-state index contributed by atoms with van der Waals surface area (Å²) >= 11 is 0. The van der Waals surface area contributed by atoms with Crippen molar-refractivity contribution < 1.29 is 23.5 Å². The molecule has 0 aliphatic carbocycles. The molecule has 0 fully saturated rings. The lowest BCUT2D eigenvalue weighted by molar-refractivity contribution is -0.137. The van der Waals surface area contributed by atoms with Crippen LogP contribution >= 0.6 is 0 Å². The monoisotopic (exact) mass is 241 g/mol. The van der Waals surface area contributed by atoms with E-state index in [0.717, 1.165) is 0 Å². The van der Waals surface area contributed by atoms with E-state index in [4.69, 9.17) is 4.74 Å². The highest BCUT2D eigenvalue weighted by atomic mass is 19.1. The van der Waals surface area contributed by atoms with Crippen LogP contribution in [0.5, 0.6) is 5.88 Å². The zero-order chi connectivity index (χ0) is 12.7. The van der Waals surface area contributed by atoms with Gasteiger partial charge in [0.25, 0.3) is 5.78 Å². The standard InChI is InChI=1S/C11H12FNO4/c1-2-16-11(15)10(14)8-3-4-9(13-7-8)17-6-5-12/h3-4,7H,2,5-6H2,1H3. The number of halogens is 1. The summed E-state index contributed by atoms with van der Waals surface area (Å²) in [7, 11) is 0. The number of carbonyl (C=O) groups excluding carboxylic acids is 2. The van der Waals surface area contributed by atoms with Crippen LogP contribution in [0.1, 0.15) is 17.3 Å². The summed E-state index contributed by atoms with van der Waals surface area (Å²) in [6, 6.07) is 2.77. The number of hydrogen-bond acceptors (Lipinski definition) is 5. The van der Waals surface area contributed by atoms with Gasteiger partial charge in [-0.2, -0.15) is 0 Å². The summed E-state index contributed by atoms with van der Waals surface area (Å²) in [6.07, 6.45) is 1.19. The fourth-order valence-electron chi connectivity index (χ4n) is 1.06. The molecular formula is C11H12FNO4. The Kier molecular flexibility index (Phi) is 5.06. The number of rotatable bonds is 6. The van der Waals surface area contributed by atoms with E-state index in [1.54, 1.807) is 6.92 Å². The molecule has 17 heavy (non-hydrogen) atoms. The zero-order valence-corrected chi connectivity index (χ0v) is 9.31. The fourth-order valence-corrected chi connectivity index (χ4v) is 1.06. The summed E-state index contributed by atoms with van der Waals surface area (Å²) in [6.45, 7) is 1.02. The summed E-state index contributed by atoms with van der Waals surface area (Å²) in [5.74, 6) is -1.49. The lowest BCUT2D eigenvalue weighted by Crippen LogP contribution is -2.17. The SMILES string of the molecule is CCOC(=O)C(=O)c1ccc(OCCF)nc1. The Morgan fingerprint density at radius 1 is 1.41 bits per heavy atom. The number of hydrogen-bond donors (Lipinski definition) is 0. The van der Waals surface area contributed by atoms with Gasteiger partial charge in [-0.25, -0.2) is 14.2 Å². The van der Waals surface area contributed by atoms with Gasteiger partial charge in [-0.05, 0) is 13.0 Å². The molecule has 0 radical (unpaired) electrons. The highest BCUT2D eigenvalue weighted by Gasteiger charge is 2.17. The highest BCUT2D eigenvalue weighted by molar-refractivity contribution is 6.40. The summed E-state index contributed by atoms with van der Waals surface area (Å²) in [5, 5.41) is 0. The van der Waals surface area contributed by atoms with Crippen LogP contribution in [0.3, 0.4) is 0 Å². The molecule has 6 heteroatoms. The first kappa shape index (κ1) is 13.1. The van der Waals surface area contributed by atoms with Crippen molar-refractivity contribution in [2.45, 2.75) is 6.92 Å². The number of pyridine rings is 1. The average Bonchev–Trinajstić information content (AvgIpc) is 2.36. The molecule has 1 aromatic rings. The third-order valence-electron chi connectivity index (χ3n) is 1.79. The van der Waals surface area contributed by atoms with Gasteiger partial charge in [0, 0.05) is 17.8 Å². The van der Waals surface area contributed by atoms with E-state index >= 15 is 0 Å². The first-order valence-electron chi connectivity index (χ1n) is 5.05. The average molecular weight is 241 g/mol. The van der Waals surface area contributed by atoms with Crippen molar-refractivity contribution in [2.75, 3.05) is 19.9 Å². The fraction of sp³-hybridized carbons (Fsp3) is 0.364. The van der Waals surface area contributed by atoms with Crippen molar-refractivity contribution in [1.29, 1.82) is 0 Å². The molecule has 1 rings (SSSR count). The molecule has 0 unspecified atom stereocenters. The molecule has 92 valence electrons. The molecule has 0 N–H and O–H groups in total. The zero-order valence-electron chi connectivity index (χ0n) is 9.31. The Balaban J connectivity index is 2.67. The van der Waals surface area contributed by atoms with Crippen molar-refractivity contribution in [3.8, 4) is 5.88 Å². The molecule has 1 heterocycles. The number of alkyl halides is 1. The molecular weight excluding hydrogens is 229 g/mol. The largest absolute Gasteiger partial charge is 0.475 e. The van der Waals surface area contributed by atoms with Gasteiger partial charge in [0.15, 0.2) is 0 Å². The maximum absolute atomic E-state index is 11.8. The van der Waals surface area contributed by atoms with E-state index in [0.29, 0.717) is 0 Å². The van der Waals surface area contributed by atoms with Crippen LogP contribution in [-0.4, -0.2) is 36.6 Å². The second-order valence-electron chi connectivity index (χ2n) is 2.97. The molecule has 0 aliphatic rings. The van der Waals surface area contributed by atoms with Crippen LogP contribution in [0.15, 0.2) is 18.3 Å². The maximum Gasteiger partial charge on any atom is 0.379 e. The Bertz CT molecular complexity index is 391. The third-order valence-corrected chi connectivity index (χ3v) is 1.79. The van der Waals surface area contributed by atoms with Crippen molar-refractivity contribution in [1.82, 2.24) is 4.98 Å². The van der Waals surface area contributed by atoms with Crippen LogP contribution in [0.4, 0.5) is 4.39 Å². The van der Waals surface area contributed by atoms with E-state index in [9.17, 15) is 14.0 Å². The molecule has 0 saturated carbocycles. The maximum atomic E-state index is 11.8.